The molecule has 39 heteroatoms. The lowest BCUT2D eigenvalue weighted by Gasteiger charge is -2.43. The summed E-state index contributed by atoms with van der Waals surface area (Å²) in [7, 11) is 0. The normalized spacial score (nSPS) is 20.4. The molecule has 0 unspecified atom stereocenters. The van der Waals surface area contributed by atoms with E-state index in [4.69, 9.17) is 164 Å². The smallest absolute Gasteiger partial charge is 0.264 e. The molecule has 0 radical (unpaired) electrons. The summed E-state index contributed by atoms with van der Waals surface area (Å²) in [6, 6.07) is 33.1. The number of piperidine rings is 5. The maximum atomic E-state index is 13.3. The molecule has 10 N–H and O–H groups in total. The van der Waals surface area contributed by atoms with E-state index in [1.54, 1.807) is 131 Å². The van der Waals surface area contributed by atoms with Crippen LogP contribution in [-0.4, -0.2) is 134 Å². The van der Waals surface area contributed by atoms with Crippen LogP contribution in [0, 0.1) is 82.5 Å². The number of fused-ring (bicyclic) bond motifs is 2. The highest BCUT2D eigenvalue weighted by molar-refractivity contribution is 6.45. The number of anilines is 8. The second-order valence-corrected chi connectivity index (χ2v) is 45.5. The molecule has 12 aromatic rings. The summed E-state index contributed by atoms with van der Waals surface area (Å²) in [5.41, 5.74) is 38.4. The third-order valence-corrected chi connectivity index (χ3v) is 37.8. The Balaban J connectivity index is 0.000000121. The third-order valence-electron chi connectivity index (χ3n) is 33.8. The molecular weight excluding hydrogens is 2080 g/mol. The number of ether oxygens (including phenoxy) is 2. The molecule has 7 aliphatic heterocycles. The molecule has 782 valence electrons. The Hall–Kier alpha value is -10.4. The highest BCUT2D eigenvalue weighted by atomic mass is 35.5. The quantitative estimate of drug-likeness (QED) is 0.0849. The Bertz CT molecular complexity index is 6860. The minimum atomic E-state index is -0.473. The Labute approximate surface area is 910 Å². The van der Waals surface area contributed by atoms with Crippen molar-refractivity contribution in [3.8, 4) is 40.2 Å². The lowest BCUT2D eigenvalue weighted by molar-refractivity contribution is 0.0395. The Morgan fingerprint density at radius 1 is 0.297 bits per heavy atom. The number of nitrogens with zero attached hydrogens (tertiary/aromatic N) is 17. The molecule has 5 saturated heterocycles. The molecule has 5 aromatic carbocycles. The molecule has 7 aromatic heterocycles. The van der Waals surface area contributed by atoms with Gasteiger partial charge in [0, 0.05) is 115 Å². The van der Waals surface area contributed by atoms with Gasteiger partial charge in [0.1, 0.15) is 51.9 Å². The number of aromatic nitrogens is 12. The zero-order chi connectivity index (χ0) is 105. The summed E-state index contributed by atoms with van der Waals surface area (Å²) < 4.78 is 19.5. The SMILES string of the molecule is Cc1c(N2CCC3(CC2)Oc2ncccc2[C@@H]3N)nc(C)n(-c2cccc(Cl)c2Cl)c1=O.Cc1c(N2CCC3(CC2)Oc2ncccc2[C@H]3N)nc(C)n(-c2cccc(Cl)c2Cl)c1=O.Cc1c(N2CCC3(CCC[C@@H]3C)CC2)nc(N)n(-c2cccc(Cl)c2Cl)c1=O.Cc1c(N2CCC3(CCC[C@@H]3C)CC2)nc(N)n(-c2cccc(Cl)c2Cl)c1=O.Cc1c(N2CCC3(CCC[C@H]3C)CC2)nc(N)n(-c2cccc(Cl)c2Cl)c1=O. The number of nitrogen functional groups attached to an aromatic ring is 3. The fraction of sp³-hybridized carbons (Fsp3) is 0.450. The first-order valence-electron chi connectivity index (χ1n) is 50.8. The highest BCUT2D eigenvalue weighted by Crippen LogP contribution is 2.56. The van der Waals surface area contributed by atoms with Gasteiger partial charge in [-0.2, -0.15) is 15.0 Å². The van der Waals surface area contributed by atoms with Crippen LogP contribution in [0.2, 0.25) is 50.2 Å². The number of halogens is 10. The number of nitrogens with two attached hydrogens (primary N) is 5. The van der Waals surface area contributed by atoms with Crippen molar-refractivity contribution in [2.24, 2.45) is 45.5 Å². The zero-order valence-corrected chi connectivity index (χ0v) is 92.2. The molecule has 5 spiro atoms. The van der Waals surface area contributed by atoms with E-state index in [-0.39, 0.29) is 57.7 Å². The third kappa shape index (κ3) is 20.0. The fourth-order valence-electron chi connectivity index (χ4n) is 24.6. The molecule has 0 bridgehead atoms. The molecule has 29 nitrogen and oxygen atoms in total. The van der Waals surface area contributed by atoms with E-state index >= 15 is 0 Å². The average Bonchev–Trinajstić information content (AvgIpc) is 1.59. The summed E-state index contributed by atoms with van der Waals surface area (Å²) in [5.74, 6) is 8.52. The lowest BCUT2D eigenvalue weighted by Crippen LogP contribution is -2.52. The molecule has 8 fully saturated rings. The average molecular weight is 2210 g/mol. The van der Waals surface area contributed by atoms with Gasteiger partial charge >= 0.3 is 0 Å². The molecular formula is C109H124Cl10N22O7. The summed E-state index contributed by atoms with van der Waals surface area (Å²) in [6.07, 6.45) is 25.2. The van der Waals surface area contributed by atoms with Crippen molar-refractivity contribution in [1.29, 1.82) is 0 Å². The van der Waals surface area contributed by atoms with Crippen molar-refractivity contribution >= 4 is 163 Å². The van der Waals surface area contributed by atoms with Gasteiger partial charge < -0.3 is 62.6 Å². The largest absolute Gasteiger partial charge is 0.469 e. The Morgan fingerprint density at radius 3 is 0.750 bits per heavy atom. The van der Waals surface area contributed by atoms with Gasteiger partial charge in [0.25, 0.3) is 27.8 Å². The van der Waals surface area contributed by atoms with Gasteiger partial charge in [0.15, 0.2) is 0 Å². The lowest BCUT2D eigenvalue weighted by atomic mass is 9.71. The van der Waals surface area contributed by atoms with Gasteiger partial charge in [-0.15, -0.1) is 0 Å². The van der Waals surface area contributed by atoms with Crippen molar-refractivity contribution in [2.75, 3.05) is 107 Å². The molecule has 3 saturated carbocycles. The van der Waals surface area contributed by atoms with Crippen LogP contribution in [0.4, 0.5) is 46.9 Å². The van der Waals surface area contributed by atoms with Crippen molar-refractivity contribution < 1.29 is 9.47 Å². The summed E-state index contributed by atoms with van der Waals surface area (Å²) in [5, 5.41) is 3.44. The minimum Gasteiger partial charge on any atom is -0.469 e. The van der Waals surface area contributed by atoms with E-state index in [0.29, 0.717) is 227 Å². The predicted octanol–water partition coefficient (Wildman–Crippen LogP) is 22.5. The van der Waals surface area contributed by atoms with Gasteiger partial charge in [0.05, 0.1) is 119 Å². The summed E-state index contributed by atoms with van der Waals surface area (Å²) in [4.78, 5) is 109. The maximum Gasteiger partial charge on any atom is 0.264 e. The van der Waals surface area contributed by atoms with Gasteiger partial charge in [-0.25, -0.2) is 33.6 Å². The first-order chi connectivity index (χ1) is 70.7. The molecule has 0 amide bonds. The standard InChI is InChI=1S/2C23H23Cl2N5O2.3C21H26Cl2N4O/c2*1-13-20(28-14(2)30(22(13)31)17-7-3-6-16(24)18(17)25)29-11-8-23(9-12-29)19(26)15-5-4-10-27-21(15)32-23;3*1-13-5-4-8-21(13)9-11-26(12-10-21)18-14(2)19(28)27(20(24)25-18)16-7-3-6-15(22)17(16)23/h2*3-7,10,19H,8-9,11-12,26H2,1-2H3;3*3,6-7,13H,4-5,8-12H2,1-2H3,(H2,24,25)/t2*19-;3*13-/m10100/s1. The molecule has 10 aliphatic rings. The zero-order valence-electron chi connectivity index (χ0n) is 84.6. The molecule has 5 atom stereocenters. The molecule has 14 heterocycles. The van der Waals surface area contributed by atoms with Crippen LogP contribution in [-0.2, 0) is 0 Å². The van der Waals surface area contributed by atoms with E-state index in [0.717, 1.165) is 107 Å². The Kier molecular flexibility index (Phi) is 31.5. The van der Waals surface area contributed by atoms with E-state index < -0.39 is 11.2 Å². The minimum absolute atomic E-state index is 0.129. The van der Waals surface area contributed by atoms with Gasteiger partial charge in [-0.1, -0.05) is 218 Å². The summed E-state index contributed by atoms with van der Waals surface area (Å²) in [6.45, 7) is 28.0. The van der Waals surface area contributed by atoms with Crippen molar-refractivity contribution in [1.82, 2.24) is 57.7 Å². The van der Waals surface area contributed by atoms with Crippen molar-refractivity contribution in [3.63, 3.8) is 0 Å². The number of hydrogen-bond donors (Lipinski definition) is 5. The number of benzene rings is 5. The van der Waals surface area contributed by atoms with Crippen molar-refractivity contribution in [3.05, 3.63) is 280 Å². The van der Waals surface area contributed by atoms with Gasteiger partial charge in [0.2, 0.25) is 29.6 Å². The number of aryl methyl sites for hydroxylation is 2. The topological polar surface area (TPSA) is 365 Å². The van der Waals surface area contributed by atoms with Gasteiger partial charge in [-0.3, -0.25) is 33.1 Å². The van der Waals surface area contributed by atoms with Crippen LogP contribution in [0.25, 0.3) is 28.4 Å². The van der Waals surface area contributed by atoms with Crippen LogP contribution < -0.4 is 90.4 Å². The number of pyridine rings is 2. The fourth-order valence-corrected chi connectivity index (χ4v) is 26.5. The van der Waals surface area contributed by atoms with Crippen LogP contribution >= 0.6 is 116 Å². The van der Waals surface area contributed by atoms with Crippen LogP contribution in [0.15, 0.2) is 152 Å². The first-order valence-corrected chi connectivity index (χ1v) is 54.6. The monoisotopic (exact) mass is 2200 g/mol. The van der Waals surface area contributed by atoms with E-state index in [9.17, 15) is 24.0 Å². The second kappa shape index (κ2) is 43.4. The maximum absolute atomic E-state index is 13.3. The van der Waals surface area contributed by atoms with Crippen LogP contribution in [0.5, 0.6) is 11.8 Å². The molecule has 22 rings (SSSR count). The molecule has 3 aliphatic carbocycles. The highest BCUT2D eigenvalue weighted by Gasteiger charge is 2.53. The Morgan fingerprint density at radius 2 is 0.520 bits per heavy atom. The van der Waals surface area contributed by atoms with E-state index in [1.807, 2.05) is 45.0 Å². The number of hydrogen-bond acceptors (Lipinski definition) is 24. The first kappa shape index (κ1) is 107. The van der Waals surface area contributed by atoms with Crippen LogP contribution in [0.3, 0.4) is 0 Å². The van der Waals surface area contributed by atoms with Gasteiger partial charge in [-0.05, 0) is 213 Å². The van der Waals surface area contributed by atoms with E-state index in [2.05, 4.69) is 70.2 Å². The summed E-state index contributed by atoms with van der Waals surface area (Å²) >= 11 is 62.3. The predicted molar refractivity (Wildman–Crippen MR) is 598 cm³/mol. The number of rotatable bonds is 10. The van der Waals surface area contributed by atoms with Crippen LogP contribution in [0.1, 0.15) is 205 Å². The van der Waals surface area contributed by atoms with E-state index in [1.165, 1.54) is 80.6 Å². The van der Waals surface area contributed by atoms with Crippen molar-refractivity contribution in [2.45, 2.75) is 215 Å². The second-order valence-electron chi connectivity index (χ2n) is 41.5. The molecule has 148 heavy (non-hydrogen) atoms.